The number of carbonyl (C=O) groups excluding carboxylic acids is 1. The van der Waals surface area contributed by atoms with Crippen molar-refractivity contribution >= 4 is 29.1 Å². The Bertz CT molecular complexity index is 762. The Kier molecular flexibility index (Phi) is 6.20. The first-order valence-electron chi connectivity index (χ1n) is 8.59. The van der Waals surface area contributed by atoms with Gasteiger partial charge in [-0.2, -0.15) is 0 Å². The van der Waals surface area contributed by atoms with Crippen LogP contribution in [0.1, 0.15) is 36.6 Å². The minimum Gasteiger partial charge on any atom is -0.394 e. The van der Waals surface area contributed by atoms with Crippen LogP contribution in [-0.2, 0) is 9.53 Å². The zero-order chi connectivity index (χ0) is 18.7. The van der Waals surface area contributed by atoms with Gasteiger partial charge in [0.15, 0.2) is 0 Å². The first-order chi connectivity index (χ1) is 12.5. The smallest absolute Gasteiger partial charge is 0.249 e. The Labute approximate surface area is 163 Å². The number of hydrogen-bond donors (Lipinski definition) is 1. The van der Waals surface area contributed by atoms with Crippen LogP contribution >= 0.6 is 23.2 Å². The van der Waals surface area contributed by atoms with Crippen LogP contribution in [0.3, 0.4) is 0 Å². The normalized spacial score (nSPS) is 21.7. The summed E-state index contributed by atoms with van der Waals surface area (Å²) in [5, 5.41) is 11.1. The molecule has 1 amide bonds. The number of ether oxygens (including phenoxy) is 1. The number of amides is 1. The van der Waals surface area contributed by atoms with Crippen LogP contribution in [-0.4, -0.2) is 35.2 Å². The summed E-state index contributed by atoms with van der Waals surface area (Å²) in [5.41, 5.74) is 1.79. The number of aliphatic hydroxyl groups is 1. The van der Waals surface area contributed by atoms with E-state index in [-0.39, 0.29) is 37.3 Å². The van der Waals surface area contributed by atoms with Crippen LogP contribution in [0.5, 0.6) is 0 Å². The third-order valence-corrected chi connectivity index (χ3v) is 5.21. The molecule has 0 aliphatic carbocycles. The molecule has 2 aromatic rings. The Hall–Kier alpha value is -1.59. The van der Waals surface area contributed by atoms with Gasteiger partial charge >= 0.3 is 0 Å². The van der Waals surface area contributed by atoms with Crippen LogP contribution in [0.2, 0.25) is 10.0 Å². The minimum atomic E-state index is -0.381. The predicted molar refractivity (Wildman–Crippen MR) is 102 cm³/mol. The summed E-state index contributed by atoms with van der Waals surface area (Å²) in [6.07, 6.45) is 0.266. The molecule has 1 saturated heterocycles. The molecule has 4 nitrogen and oxygen atoms in total. The highest BCUT2D eigenvalue weighted by Gasteiger charge is 2.41. The zero-order valence-corrected chi connectivity index (χ0v) is 16.0. The van der Waals surface area contributed by atoms with Gasteiger partial charge < -0.3 is 14.7 Å². The van der Waals surface area contributed by atoms with Gasteiger partial charge in [-0.05, 0) is 41.8 Å². The fourth-order valence-corrected chi connectivity index (χ4v) is 3.75. The summed E-state index contributed by atoms with van der Waals surface area (Å²) >= 11 is 12.2. The molecule has 6 heteroatoms. The maximum absolute atomic E-state index is 12.7. The fraction of sp³-hybridized carbons (Fsp3) is 0.350. The van der Waals surface area contributed by atoms with Gasteiger partial charge in [0, 0.05) is 10.0 Å². The molecule has 0 radical (unpaired) electrons. The first kappa shape index (κ1) is 19.2. The number of nitrogens with zero attached hydrogens (tertiary/aromatic N) is 1. The van der Waals surface area contributed by atoms with Crippen molar-refractivity contribution in [3.05, 3.63) is 69.7 Å². The summed E-state index contributed by atoms with van der Waals surface area (Å²) in [7, 11) is 0. The van der Waals surface area contributed by atoms with Crippen molar-refractivity contribution < 1.29 is 14.6 Å². The SMILES string of the molecule is CC[C@@H](CO)N1C(=O)CO[C@@H](c2cccc(Cl)c2)[C@H]1c1ccc(Cl)cc1. The Balaban J connectivity index is 2.09. The Morgan fingerprint density at radius 1 is 1.15 bits per heavy atom. The van der Waals surface area contributed by atoms with E-state index in [0.717, 1.165) is 11.1 Å². The molecule has 1 fully saturated rings. The number of morpholine rings is 1. The highest BCUT2D eigenvalue weighted by Crippen LogP contribution is 2.42. The monoisotopic (exact) mass is 393 g/mol. The maximum atomic E-state index is 12.7. The van der Waals surface area contributed by atoms with Gasteiger partial charge in [0.25, 0.3) is 0 Å². The average Bonchev–Trinajstić information content (AvgIpc) is 2.64. The number of hydrogen-bond acceptors (Lipinski definition) is 3. The van der Waals surface area contributed by atoms with Crippen LogP contribution in [0.25, 0.3) is 0 Å². The van der Waals surface area contributed by atoms with Crippen molar-refractivity contribution in [3.63, 3.8) is 0 Å². The molecule has 0 aromatic heterocycles. The van der Waals surface area contributed by atoms with Crippen LogP contribution in [0.15, 0.2) is 48.5 Å². The largest absolute Gasteiger partial charge is 0.394 e. The van der Waals surface area contributed by atoms with E-state index in [1.54, 1.807) is 23.1 Å². The van der Waals surface area contributed by atoms with E-state index in [1.165, 1.54) is 0 Å². The van der Waals surface area contributed by atoms with E-state index in [4.69, 9.17) is 27.9 Å². The lowest BCUT2D eigenvalue weighted by Crippen LogP contribution is -2.51. The summed E-state index contributed by atoms with van der Waals surface area (Å²) in [4.78, 5) is 14.4. The lowest BCUT2D eigenvalue weighted by atomic mass is 9.91. The zero-order valence-electron chi connectivity index (χ0n) is 14.4. The van der Waals surface area contributed by atoms with Crippen LogP contribution in [0.4, 0.5) is 0 Å². The van der Waals surface area contributed by atoms with Gasteiger partial charge in [-0.1, -0.05) is 54.4 Å². The molecule has 1 aliphatic heterocycles. The minimum absolute atomic E-state index is 0.0300. The van der Waals surface area contributed by atoms with Gasteiger partial charge in [0.2, 0.25) is 5.91 Å². The summed E-state index contributed by atoms with van der Waals surface area (Å²) in [5.74, 6) is -0.135. The predicted octanol–water partition coefficient (Wildman–Crippen LogP) is 4.41. The third-order valence-electron chi connectivity index (χ3n) is 4.72. The standard InChI is InChI=1S/C20H21Cl2NO3/c1-2-17(11-24)23-18(25)12-26-20(14-4-3-5-16(22)10-14)19(23)13-6-8-15(21)9-7-13/h3-10,17,19-20,24H,2,11-12H2,1H3/t17-,19+,20-/m0/s1. The van der Waals surface area contributed by atoms with Crippen molar-refractivity contribution in [2.45, 2.75) is 31.5 Å². The lowest BCUT2D eigenvalue weighted by Gasteiger charge is -2.45. The van der Waals surface area contributed by atoms with E-state index in [1.807, 2.05) is 37.3 Å². The van der Waals surface area contributed by atoms with Crippen LogP contribution in [0, 0.1) is 0 Å². The van der Waals surface area contributed by atoms with Crippen LogP contribution < -0.4 is 0 Å². The number of aliphatic hydroxyl groups excluding tert-OH is 1. The summed E-state index contributed by atoms with van der Waals surface area (Å²) in [6, 6.07) is 14.2. The fourth-order valence-electron chi connectivity index (χ4n) is 3.43. The average molecular weight is 394 g/mol. The van der Waals surface area contributed by atoms with Crippen molar-refractivity contribution in [3.8, 4) is 0 Å². The first-order valence-corrected chi connectivity index (χ1v) is 9.35. The van der Waals surface area contributed by atoms with Gasteiger partial charge in [-0.25, -0.2) is 0 Å². The van der Waals surface area contributed by atoms with E-state index in [9.17, 15) is 9.90 Å². The topological polar surface area (TPSA) is 49.8 Å². The molecule has 0 bridgehead atoms. The molecule has 1 aliphatic rings. The van der Waals surface area contributed by atoms with Crippen molar-refractivity contribution in [1.82, 2.24) is 4.90 Å². The van der Waals surface area contributed by atoms with Crippen molar-refractivity contribution in [2.75, 3.05) is 13.2 Å². The molecule has 3 rings (SSSR count). The molecular formula is C20H21Cl2NO3. The third kappa shape index (κ3) is 3.89. The molecule has 1 heterocycles. The highest BCUT2D eigenvalue weighted by atomic mass is 35.5. The van der Waals surface area contributed by atoms with Gasteiger partial charge in [0.05, 0.1) is 18.7 Å². The van der Waals surface area contributed by atoms with Gasteiger partial charge in [0.1, 0.15) is 12.7 Å². The highest BCUT2D eigenvalue weighted by molar-refractivity contribution is 6.30. The number of benzene rings is 2. The molecular weight excluding hydrogens is 373 g/mol. The van der Waals surface area contributed by atoms with Gasteiger partial charge in [-0.3, -0.25) is 4.79 Å². The number of rotatable bonds is 5. The van der Waals surface area contributed by atoms with E-state index in [2.05, 4.69) is 0 Å². The summed E-state index contributed by atoms with van der Waals surface area (Å²) < 4.78 is 5.93. The molecule has 138 valence electrons. The second-order valence-corrected chi connectivity index (χ2v) is 7.20. The van der Waals surface area contributed by atoms with Gasteiger partial charge in [-0.15, -0.1) is 0 Å². The second-order valence-electron chi connectivity index (χ2n) is 6.33. The molecule has 26 heavy (non-hydrogen) atoms. The summed E-state index contributed by atoms with van der Waals surface area (Å²) in [6.45, 7) is 1.82. The quantitative estimate of drug-likeness (QED) is 0.818. The van der Waals surface area contributed by atoms with E-state index >= 15 is 0 Å². The number of carbonyl (C=O) groups is 1. The molecule has 2 aromatic carbocycles. The van der Waals surface area contributed by atoms with Crippen molar-refractivity contribution in [1.29, 1.82) is 0 Å². The Morgan fingerprint density at radius 3 is 2.50 bits per heavy atom. The molecule has 3 atom stereocenters. The maximum Gasteiger partial charge on any atom is 0.249 e. The molecule has 0 unspecified atom stereocenters. The molecule has 0 saturated carbocycles. The van der Waals surface area contributed by atoms with E-state index < -0.39 is 0 Å². The van der Waals surface area contributed by atoms with E-state index in [0.29, 0.717) is 16.5 Å². The van der Waals surface area contributed by atoms with Crippen molar-refractivity contribution in [2.24, 2.45) is 0 Å². The second kappa shape index (κ2) is 8.40. The molecule has 1 N–H and O–H groups in total. The molecule has 0 spiro atoms. The lowest BCUT2D eigenvalue weighted by molar-refractivity contribution is -0.165. The number of halogens is 2. The Morgan fingerprint density at radius 2 is 1.88 bits per heavy atom.